The Kier molecular flexibility index (Phi) is 3.54. The average molecular weight is 291 g/mol. The number of pyridine rings is 1. The lowest BCUT2D eigenvalue weighted by atomic mass is 10.1. The molecule has 2 aromatic rings. The van der Waals surface area contributed by atoms with Gasteiger partial charge < -0.3 is 5.32 Å². The van der Waals surface area contributed by atoms with E-state index in [-0.39, 0.29) is 5.91 Å². The van der Waals surface area contributed by atoms with Crippen LogP contribution in [0.5, 0.6) is 0 Å². The predicted octanol–water partition coefficient (Wildman–Crippen LogP) is 3.40. The molecule has 0 bridgehead atoms. The van der Waals surface area contributed by atoms with Crippen LogP contribution in [0.2, 0.25) is 0 Å². The molecule has 4 heteroatoms. The second kappa shape index (κ2) is 5.10. The fraction of sp³-hybridized carbons (Fsp3) is 0.0769. The molecule has 1 amide bonds. The lowest BCUT2D eigenvalue weighted by Crippen LogP contribution is -2.12. The Morgan fingerprint density at radius 3 is 2.59 bits per heavy atom. The van der Waals surface area contributed by atoms with E-state index in [2.05, 4.69) is 26.2 Å². The van der Waals surface area contributed by atoms with E-state index in [1.807, 2.05) is 19.1 Å². The van der Waals surface area contributed by atoms with Crippen LogP contribution in [0, 0.1) is 6.92 Å². The van der Waals surface area contributed by atoms with Crippen molar-refractivity contribution in [1.82, 2.24) is 4.98 Å². The van der Waals surface area contributed by atoms with Gasteiger partial charge in [-0.3, -0.25) is 9.78 Å². The van der Waals surface area contributed by atoms with E-state index in [0.717, 1.165) is 15.7 Å². The Bertz CT molecular complexity index is 520. The number of carbonyl (C=O) groups is 1. The lowest BCUT2D eigenvalue weighted by molar-refractivity contribution is 0.102. The highest BCUT2D eigenvalue weighted by Crippen LogP contribution is 2.16. The van der Waals surface area contributed by atoms with Crippen molar-refractivity contribution in [1.29, 1.82) is 0 Å². The van der Waals surface area contributed by atoms with Gasteiger partial charge in [0, 0.05) is 28.1 Å². The van der Waals surface area contributed by atoms with E-state index in [0.29, 0.717) is 5.56 Å². The first-order valence-corrected chi connectivity index (χ1v) is 5.93. The minimum atomic E-state index is -0.124. The summed E-state index contributed by atoms with van der Waals surface area (Å²) in [6.45, 7) is 1.95. The van der Waals surface area contributed by atoms with Gasteiger partial charge in [0.25, 0.3) is 5.91 Å². The molecular weight excluding hydrogens is 280 g/mol. The number of nitrogens with one attached hydrogen (secondary N) is 1. The van der Waals surface area contributed by atoms with Crippen LogP contribution < -0.4 is 5.32 Å². The number of halogens is 1. The van der Waals surface area contributed by atoms with Crippen LogP contribution in [-0.4, -0.2) is 10.9 Å². The summed E-state index contributed by atoms with van der Waals surface area (Å²) in [5, 5.41) is 2.81. The van der Waals surface area contributed by atoms with Crippen molar-refractivity contribution in [2.45, 2.75) is 6.92 Å². The Morgan fingerprint density at radius 2 is 1.94 bits per heavy atom. The lowest BCUT2D eigenvalue weighted by Gasteiger charge is -2.06. The summed E-state index contributed by atoms with van der Waals surface area (Å²) < 4.78 is 0.900. The number of aromatic nitrogens is 1. The highest BCUT2D eigenvalue weighted by Gasteiger charge is 2.07. The number of nitrogens with zero attached hydrogens (tertiary/aromatic N) is 1. The Balaban J connectivity index is 2.20. The van der Waals surface area contributed by atoms with Gasteiger partial charge in [-0.2, -0.15) is 0 Å². The van der Waals surface area contributed by atoms with E-state index in [1.165, 1.54) is 0 Å². The van der Waals surface area contributed by atoms with E-state index in [9.17, 15) is 4.79 Å². The Hall–Kier alpha value is -1.68. The Labute approximate surface area is 108 Å². The third kappa shape index (κ3) is 3.14. The smallest absolute Gasteiger partial charge is 0.255 e. The molecular formula is C13H11BrN2O. The molecule has 0 unspecified atom stereocenters. The summed E-state index contributed by atoms with van der Waals surface area (Å²) >= 11 is 3.38. The zero-order chi connectivity index (χ0) is 12.3. The maximum absolute atomic E-state index is 12.0. The number of benzene rings is 1. The van der Waals surface area contributed by atoms with Gasteiger partial charge >= 0.3 is 0 Å². The van der Waals surface area contributed by atoms with Gasteiger partial charge in [0.05, 0.1) is 0 Å². The summed E-state index contributed by atoms with van der Waals surface area (Å²) in [5.74, 6) is -0.124. The van der Waals surface area contributed by atoms with Gasteiger partial charge in [-0.1, -0.05) is 15.9 Å². The molecule has 0 radical (unpaired) electrons. The maximum atomic E-state index is 12.0. The molecule has 1 heterocycles. The van der Waals surface area contributed by atoms with Gasteiger partial charge in [-0.25, -0.2) is 0 Å². The zero-order valence-electron chi connectivity index (χ0n) is 9.27. The number of anilines is 1. The second-order valence-corrected chi connectivity index (χ2v) is 4.62. The summed E-state index contributed by atoms with van der Waals surface area (Å²) in [6.07, 6.45) is 3.28. The van der Waals surface area contributed by atoms with Crippen LogP contribution in [0.3, 0.4) is 0 Å². The van der Waals surface area contributed by atoms with Crippen molar-refractivity contribution >= 4 is 27.5 Å². The monoisotopic (exact) mass is 290 g/mol. The van der Waals surface area contributed by atoms with Crippen LogP contribution in [0.4, 0.5) is 5.69 Å². The fourth-order valence-corrected chi connectivity index (χ4v) is 2.11. The molecule has 2 rings (SSSR count). The van der Waals surface area contributed by atoms with Crippen molar-refractivity contribution in [3.05, 3.63) is 58.3 Å². The van der Waals surface area contributed by atoms with Crippen molar-refractivity contribution in [2.24, 2.45) is 0 Å². The van der Waals surface area contributed by atoms with Crippen LogP contribution in [0.15, 0.2) is 47.2 Å². The standard InChI is InChI=1S/C13H11BrN2O/c1-9-6-10(8-11(14)7-9)13(17)16-12-2-4-15-5-3-12/h2-8H,1H3,(H,15,16,17). The fourth-order valence-electron chi connectivity index (χ4n) is 1.51. The molecule has 1 aromatic carbocycles. The van der Waals surface area contributed by atoms with Gasteiger partial charge in [-0.05, 0) is 42.8 Å². The normalized spacial score (nSPS) is 10.0. The van der Waals surface area contributed by atoms with Crippen LogP contribution in [0.1, 0.15) is 15.9 Å². The molecule has 0 atom stereocenters. The number of rotatable bonds is 2. The van der Waals surface area contributed by atoms with Crippen molar-refractivity contribution < 1.29 is 4.79 Å². The topological polar surface area (TPSA) is 42.0 Å². The van der Waals surface area contributed by atoms with Gasteiger partial charge in [0.1, 0.15) is 0 Å². The average Bonchev–Trinajstić information content (AvgIpc) is 2.29. The minimum Gasteiger partial charge on any atom is -0.322 e. The molecule has 0 aliphatic heterocycles. The van der Waals surface area contributed by atoms with Crippen molar-refractivity contribution in [3.8, 4) is 0 Å². The van der Waals surface area contributed by atoms with E-state index in [4.69, 9.17) is 0 Å². The summed E-state index contributed by atoms with van der Waals surface area (Å²) in [4.78, 5) is 15.9. The number of carbonyl (C=O) groups excluding carboxylic acids is 1. The maximum Gasteiger partial charge on any atom is 0.255 e. The molecule has 3 nitrogen and oxygen atoms in total. The third-order valence-corrected chi connectivity index (χ3v) is 2.70. The van der Waals surface area contributed by atoms with Crippen molar-refractivity contribution in [2.75, 3.05) is 5.32 Å². The molecule has 0 aliphatic rings. The molecule has 1 aromatic heterocycles. The summed E-state index contributed by atoms with van der Waals surface area (Å²) in [7, 11) is 0. The molecule has 1 N–H and O–H groups in total. The highest BCUT2D eigenvalue weighted by molar-refractivity contribution is 9.10. The third-order valence-electron chi connectivity index (χ3n) is 2.24. The molecule has 86 valence electrons. The molecule has 0 saturated heterocycles. The largest absolute Gasteiger partial charge is 0.322 e. The first-order chi connectivity index (χ1) is 8.15. The number of hydrogen-bond acceptors (Lipinski definition) is 2. The van der Waals surface area contributed by atoms with Crippen LogP contribution in [0.25, 0.3) is 0 Å². The van der Waals surface area contributed by atoms with E-state index < -0.39 is 0 Å². The predicted molar refractivity (Wildman–Crippen MR) is 71.1 cm³/mol. The van der Waals surface area contributed by atoms with E-state index in [1.54, 1.807) is 30.6 Å². The molecule has 0 fully saturated rings. The summed E-state index contributed by atoms with van der Waals surface area (Å²) in [5.41, 5.74) is 2.41. The molecule has 0 aliphatic carbocycles. The van der Waals surface area contributed by atoms with Gasteiger partial charge in [-0.15, -0.1) is 0 Å². The number of amides is 1. The highest BCUT2D eigenvalue weighted by atomic mass is 79.9. The zero-order valence-corrected chi connectivity index (χ0v) is 10.9. The minimum absolute atomic E-state index is 0.124. The molecule has 0 saturated carbocycles. The summed E-state index contributed by atoms with van der Waals surface area (Å²) in [6, 6.07) is 9.11. The van der Waals surface area contributed by atoms with Gasteiger partial charge in [0.2, 0.25) is 0 Å². The first-order valence-electron chi connectivity index (χ1n) is 5.14. The number of aryl methyl sites for hydroxylation is 1. The SMILES string of the molecule is Cc1cc(Br)cc(C(=O)Nc2ccncc2)c1. The van der Waals surface area contributed by atoms with Crippen LogP contribution in [-0.2, 0) is 0 Å². The first kappa shape index (κ1) is 11.8. The second-order valence-electron chi connectivity index (χ2n) is 3.71. The Morgan fingerprint density at radius 1 is 1.24 bits per heavy atom. The van der Waals surface area contributed by atoms with E-state index >= 15 is 0 Å². The van der Waals surface area contributed by atoms with Crippen molar-refractivity contribution in [3.63, 3.8) is 0 Å². The number of hydrogen-bond donors (Lipinski definition) is 1. The van der Waals surface area contributed by atoms with Crippen LogP contribution >= 0.6 is 15.9 Å². The molecule has 0 spiro atoms. The quantitative estimate of drug-likeness (QED) is 0.921. The molecule has 17 heavy (non-hydrogen) atoms. The van der Waals surface area contributed by atoms with Gasteiger partial charge in [0.15, 0.2) is 0 Å².